The second kappa shape index (κ2) is 5.78. The molecule has 0 spiro atoms. The summed E-state index contributed by atoms with van der Waals surface area (Å²) < 4.78 is 0. The Kier molecular flexibility index (Phi) is 4.36. The Bertz CT molecular complexity index is 230. The maximum atomic E-state index is 12.3. The SMILES string of the molecule is CC(C(=O)C1CCCCC1)N1CCNCC1. The van der Waals surface area contributed by atoms with E-state index in [4.69, 9.17) is 0 Å². The van der Waals surface area contributed by atoms with Crippen LogP contribution in [0.15, 0.2) is 0 Å². The van der Waals surface area contributed by atoms with Gasteiger partial charge in [-0.2, -0.15) is 0 Å². The van der Waals surface area contributed by atoms with Crippen molar-refractivity contribution in [3.8, 4) is 0 Å². The van der Waals surface area contributed by atoms with Crippen LogP contribution in [-0.2, 0) is 4.79 Å². The summed E-state index contributed by atoms with van der Waals surface area (Å²) in [7, 11) is 0. The lowest BCUT2D eigenvalue weighted by Gasteiger charge is -2.34. The van der Waals surface area contributed by atoms with E-state index in [-0.39, 0.29) is 6.04 Å². The minimum Gasteiger partial charge on any atom is -0.314 e. The summed E-state index contributed by atoms with van der Waals surface area (Å²) >= 11 is 0. The number of nitrogens with one attached hydrogen (secondary N) is 1. The Labute approximate surface area is 98.6 Å². The summed E-state index contributed by atoms with van der Waals surface area (Å²) in [6.07, 6.45) is 6.10. The van der Waals surface area contributed by atoms with Gasteiger partial charge in [-0.15, -0.1) is 0 Å². The fourth-order valence-corrected chi connectivity index (χ4v) is 2.98. The van der Waals surface area contributed by atoms with Crippen molar-refractivity contribution >= 4 is 5.78 Å². The average Bonchev–Trinajstić information content (AvgIpc) is 2.39. The molecule has 2 aliphatic rings. The van der Waals surface area contributed by atoms with Crippen molar-refractivity contribution in [2.45, 2.75) is 45.1 Å². The lowest BCUT2D eigenvalue weighted by molar-refractivity contribution is -0.128. The van der Waals surface area contributed by atoms with Crippen molar-refractivity contribution in [2.24, 2.45) is 5.92 Å². The molecule has 3 nitrogen and oxygen atoms in total. The molecule has 0 bridgehead atoms. The highest BCUT2D eigenvalue weighted by Crippen LogP contribution is 2.26. The number of hydrogen-bond donors (Lipinski definition) is 1. The molecule has 92 valence electrons. The lowest BCUT2D eigenvalue weighted by atomic mass is 9.84. The number of hydrogen-bond acceptors (Lipinski definition) is 3. The summed E-state index contributed by atoms with van der Waals surface area (Å²) in [5, 5.41) is 3.34. The van der Waals surface area contributed by atoms with E-state index in [9.17, 15) is 4.79 Å². The van der Waals surface area contributed by atoms with Crippen LogP contribution in [0.25, 0.3) is 0 Å². The van der Waals surface area contributed by atoms with Gasteiger partial charge in [0.15, 0.2) is 5.78 Å². The molecular weight excluding hydrogens is 200 g/mol. The molecule has 1 atom stereocenters. The fraction of sp³-hybridized carbons (Fsp3) is 0.923. The quantitative estimate of drug-likeness (QED) is 0.787. The van der Waals surface area contributed by atoms with E-state index in [2.05, 4.69) is 17.1 Å². The van der Waals surface area contributed by atoms with Crippen molar-refractivity contribution < 1.29 is 4.79 Å². The van der Waals surface area contributed by atoms with Crippen LogP contribution in [-0.4, -0.2) is 42.9 Å². The molecule has 0 aromatic carbocycles. The molecule has 1 N–H and O–H groups in total. The Morgan fingerprint density at radius 1 is 1.19 bits per heavy atom. The average molecular weight is 224 g/mol. The van der Waals surface area contributed by atoms with Crippen LogP contribution >= 0.6 is 0 Å². The Hall–Kier alpha value is -0.410. The number of piperazine rings is 1. The number of carbonyl (C=O) groups excluding carboxylic acids is 1. The molecule has 1 aliphatic carbocycles. The van der Waals surface area contributed by atoms with Gasteiger partial charge in [0, 0.05) is 32.1 Å². The van der Waals surface area contributed by atoms with Crippen LogP contribution in [0.5, 0.6) is 0 Å². The number of nitrogens with zero attached hydrogens (tertiary/aromatic N) is 1. The van der Waals surface area contributed by atoms with Crippen LogP contribution in [0.2, 0.25) is 0 Å². The Morgan fingerprint density at radius 3 is 2.44 bits per heavy atom. The predicted molar refractivity (Wildman–Crippen MR) is 65.5 cm³/mol. The van der Waals surface area contributed by atoms with Gasteiger partial charge in [-0.1, -0.05) is 19.3 Å². The summed E-state index contributed by atoms with van der Waals surface area (Å²) in [4.78, 5) is 14.7. The number of ketones is 1. The molecule has 0 aromatic heterocycles. The fourth-order valence-electron chi connectivity index (χ4n) is 2.98. The summed E-state index contributed by atoms with van der Waals surface area (Å²) in [5.41, 5.74) is 0. The van der Waals surface area contributed by atoms with Crippen molar-refractivity contribution in [1.82, 2.24) is 10.2 Å². The van der Waals surface area contributed by atoms with Gasteiger partial charge in [0.05, 0.1) is 6.04 Å². The molecule has 0 amide bonds. The summed E-state index contributed by atoms with van der Waals surface area (Å²) in [6.45, 7) is 6.21. The molecular formula is C13H24N2O. The highest BCUT2D eigenvalue weighted by atomic mass is 16.1. The third kappa shape index (κ3) is 2.83. The maximum Gasteiger partial charge on any atom is 0.152 e. The third-order valence-electron chi connectivity index (χ3n) is 4.12. The maximum absolute atomic E-state index is 12.3. The normalized spacial score (nSPS) is 26.6. The van der Waals surface area contributed by atoms with Crippen LogP contribution < -0.4 is 5.32 Å². The van der Waals surface area contributed by atoms with Gasteiger partial charge in [0.1, 0.15) is 0 Å². The zero-order valence-electron chi connectivity index (χ0n) is 10.4. The number of Topliss-reactive ketones (excluding diaryl/α,β-unsaturated/α-hetero) is 1. The van der Waals surface area contributed by atoms with E-state index < -0.39 is 0 Å². The number of carbonyl (C=O) groups is 1. The second-order valence-electron chi connectivity index (χ2n) is 5.20. The molecule has 3 heteroatoms. The standard InChI is InChI=1S/C13H24N2O/c1-11(15-9-7-14-8-10-15)13(16)12-5-3-2-4-6-12/h11-12,14H,2-10H2,1H3. The van der Waals surface area contributed by atoms with Gasteiger partial charge >= 0.3 is 0 Å². The first kappa shape index (κ1) is 12.1. The predicted octanol–water partition coefficient (Wildman–Crippen LogP) is 1.43. The van der Waals surface area contributed by atoms with Crippen molar-refractivity contribution in [1.29, 1.82) is 0 Å². The van der Waals surface area contributed by atoms with Gasteiger partial charge in [0.2, 0.25) is 0 Å². The van der Waals surface area contributed by atoms with E-state index in [1.54, 1.807) is 0 Å². The van der Waals surface area contributed by atoms with Crippen LogP contribution in [0.4, 0.5) is 0 Å². The van der Waals surface area contributed by atoms with Crippen molar-refractivity contribution in [2.75, 3.05) is 26.2 Å². The summed E-state index contributed by atoms with van der Waals surface area (Å²) in [6, 6.07) is 0.144. The van der Waals surface area contributed by atoms with Crippen LogP contribution in [0.3, 0.4) is 0 Å². The van der Waals surface area contributed by atoms with Gasteiger partial charge in [-0.05, 0) is 19.8 Å². The van der Waals surface area contributed by atoms with Gasteiger partial charge in [0.25, 0.3) is 0 Å². The highest BCUT2D eigenvalue weighted by molar-refractivity contribution is 5.86. The smallest absolute Gasteiger partial charge is 0.152 e. The Balaban J connectivity index is 1.86. The molecule has 1 aliphatic heterocycles. The molecule has 0 radical (unpaired) electrons. The molecule has 1 saturated heterocycles. The van der Waals surface area contributed by atoms with Gasteiger partial charge < -0.3 is 5.32 Å². The van der Waals surface area contributed by atoms with Crippen LogP contribution in [0, 0.1) is 5.92 Å². The molecule has 1 saturated carbocycles. The first-order valence-electron chi connectivity index (χ1n) is 6.77. The number of rotatable bonds is 3. The van der Waals surface area contributed by atoms with E-state index in [1.165, 1.54) is 19.3 Å². The Morgan fingerprint density at radius 2 is 1.81 bits per heavy atom. The van der Waals surface area contributed by atoms with Crippen LogP contribution in [0.1, 0.15) is 39.0 Å². The lowest BCUT2D eigenvalue weighted by Crippen LogP contribution is -2.51. The first-order chi connectivity index (χ1) is 7.79. The molecule has 2 fully saturated rings. The zero-order chi connectivity index (χ0) is 11.4. The largest absolute Gasteiger partial charge is 0.314 e. The zero-order valence-corrected chi connectivity index (χ0v) is 10.4. The third-order valence-corrected chi connectivity index (χ3v) is 4.12. The van der Waals surface area contributed by atoms with Gasteiger partial charge in [-0.25, -0.2) is 0 Å². The van der Waals surface area contributed by atoms with E-state index >= 15 is 0 Å². The van der Waals surface area contributed by atoms with E-state index in [0.29, 0.717) is 11.7 Å². The van der Waals surface area contributed by atoms with E-state index in [0.717, 1.165) is 39.0 Å². The van der Waals surface area contributed by atoms with Gasteiger partial charge in [-0.3, -0.25) is 9.69 Å². The molecule has 16 heavy (non-hydrogen) atoms. The summed E-state index contributed by atoms with van der Waals surface area (Å²) in [5.74, 6) is 0.861. The second-order valence-corrected chi connectivity index (χ2v) is 5.20. The first-order valence-corrected chi connectivity index (χ1v) is 6.77. The molecule has 1 unspecified atom stereocenters. The minimum absolute atomic E-state index is 0.144. The van der Waals surface area contributed by atoms with Crippen molar-refractivity contribution in [3.05, 3.63) is 0 Å². The monoisotopic (exact) mass is 224 g/mol. The minimum atomic E-state index is 0.144. The topological polar surface area (TPSA) is 32.3 Å². The van der Waals surface area contributed by atoms with E-state index in [1.807, 2.05) is 0 Å². The molecule has 1 heterocycles. The van der Waals surface area contributed by atoms with Crippen molar-refractivity contribution in [3.63, 3.8) is 0 Å². The molecule has 0 aromatic rings. The highest BCUT2D eigenvalue weighted by Gasteiger charge is 2.29. The molecule has 2 rings (SSSR count).